The normalized spacial score (nSPS) is 14.2. The van der Waals surface area contributed by atoms with Gasteiger partial charge in [-0.1, -0.05) is 23.7 Å². The zero-order valence-electron chi connectivity index (χ0n) is 14.2. The number of anilines is 2. The van der Waals surface area contributed by atoms with Gasteiger partial charge in [0.1, 0.15) is 16.5 Å². The van der Waals surface area contributed by atoms with Crippen molar-refractivity contribution < 1.29 is 14.3 Å². The number of nitrogens with one attached hydrogen (secondary N) is 1. The van der Waals surface area contributed by atoms with E-state index in [1.165, 1.54) is 0 Å². The molecular formula is C19H16ClIN2O3. The zero-order chi connectivity index (χ0) is 18.8. The largest absolute Gasteiger partial charge is 0.492 e. The van der Waals surface area contributed by atoms with Gasteiger partial charge in [-0.3, -0.25) is 9.59 Å². The molecule has 26 heavy (non-hydrogen) atoms. The van der Waals surface area contributed by atoms with E-state index in [2.05, 4.69) is 27.9 Å². The van der Waals surface area contributed by atoms with E-state index >= 15 is 0 Å². The van der Waals surface area contributed by atoms with E-state index in [0.717, 1.165) is 19.7 Å². The van der Waals surface area contributed by atoms with Crippen molar-refractivity contribution in [1.82, 2.24) is 0 Å². The highest BCUT2D eigenvalue weighted by molar-refractivity contribution is 14.1. The first kappa shape index (κ1) is 18.7. The van der Waals surface area contributed by atoms with Crippen LogP contribution in [0.5, 0.6) is 5.75 Å². The number of hydrogen-bond acceptors (Lipinski definition) is 4. The van der Waals surface area contributed by atoms with Crippen LogP contribution in [-0.2, 0) is 9.59 Å². The third-order valence-corrected chi connectivity index (χ3v) is 4.90. The van der Waals surface area contributed by atoms with Crippen molar-refractivity contribution in [3.8, 4) is 5.75 Å². The summed E-state index contributed by atoms with van der Waals surface area (Å²) in [6.45, 7) is 4.17. The van der Waals surface area contributed by atoms with Gasteiger partial charge in [0.15, 0.2) is 0 Å². The monoisotopic (exact) mass is 482 g/mol. The molecule has 0 saturated carbocycles. The van der Waals surface area contributed by atoms with Crippen molar-refractivity contribution >= 4 is 57.4 Å². The lowest BCUT2D eigenvalue weighted by Crippen LogP contribution is -2.32. The molecule has 1 heterocycles. The standard InChI is InChI=1S/C19H16ClIN2O3/c1-3-26-15-7-5-4-6-14(15)23-18(24)16(20)17(19(23)25)22-13-9-8-12(21)10-11(13)2/h4-10,22H,3H2,1-2H3. The second-order valence-electron chi connectivity index (χ2n) is 5.62. The topological polar surface area (TPSA) is 58.6 Å². The molecule has 134 valence electrons. The van der Waals surface area contributed by atoms with E-state index < -0.39 is 11.8 Å². The molecule has 0 atom stereocenters. The number of imide groups is 1. The SMILES string of the molecule is CCOc1ccccc1N1C(=O)C(Cl)=C(Nc2ccc(I)cc2C)C1=O. The average molecular weight is 483 g/mol. The Morgan fingerprint density at radius 2 is 1.88 bits per heavy atom. The molecule has 1 aliphatic heterocycles. The Labute approximate surface area is 170 Å². The Balaban J connectivity index is 1.95. The lowest BCUT2D eigenvalue weighted by Gasteiger charge is -2.18. The van der Waals surface area contributed by atoms with Crippen molar-refractivity contribution in [1.29, 1.82) is 0 Å². The summed E-state index contributed by atoms with van der Waals surface area (Å²) in [6.07, 6.45) is 0. The minimum atomic E-state index is -0.575. The highest BCUT2D eigenvalue weighted by Crippen LogP contribution is 2.36. The second kappa shape index (κ2) is 7.67. The Bertz CT molecular complexity index is 927. The zero-order valence-corrected chi connectivity index (χ0v) is 17.1. The van der Waals surface area contributed by atoms with Gasteiger partial charge in [-0.25, -0.2) is 4.90 Å². The van der Waals surface area contributed by atoms with Gasteiger partial charge in [-0.05, 0) is 72.3 Å². The summed E-state index contributed by atoms with van der Waals surface area (Å²) in [5.41, 5.74) is 2.10. The summed E-state index contributed by atoms with van der Waals surface area (Å²) in [7, 11) is 0. The van der Waals surface area contributed by atoms with Crippen molar-refractivity contribution in [3.05, 3.63) is 62.3 Å². The molecule has 5 nitrogen and oxygen atoms in total. The van der Waals surface area contributed by atoms with Gasteiger partial charge in [0.05, 0.1) is 12.3 Å². The molecule has 2 aromatic rings. The summed E-state index contributed by atoms with van der Waals surface area (Å²) in [5.74, 6) is -0.632. The maximum atomic E-state index is 12.9. The fraction of sp³-hybridized carbons (Fsp3) is 0.158. The number of aryl methyl sites for hydroxylation is 1. The molecule has 0 aliphatic carbocycles. The summed E-state index contributed by atoms with van der Waals surface area (Å²) in [6, 6.07) is 12.6. The molecule has 1 aliphatic rings. The molecule has 7 heteroatoms. The second-order valence-corrected chi connectivity index (χ2v) is 7.24. The van der Waals surface area contributed by atoms with Crippen molar-refractivity contribution in [2.75, 3.05) is 16.8 Å². The number of benzene rings is 2. The number of carbonyl (C=O) groups excluding carboxylic acids is 2. The summed E-state index contributed by atoms with van der Waals surface area (Å²) < 4.78 is 6.61. The number of amides is 2. The van der Waals surface area contributed by atoms with E-state index in [9.17, 15) is 9.59 Å². The van der Waals surface area contributed by atoms with E-state index in [0.29, 0.717) is 18.0 Å². The third-order valence-electron chi connectivity index (χ3n) is 3.88. The molecule has 0 unspecified atom stereocenters. The fourth-order valence-corrected chi connectivity index (χ4v) is 3.51. The first-order chi connectivity index (χ1) is 12.4. The van der Waals surface area contributed by atoms with E-state index in [1.54, 1.807) is 24.3 Å². The van der Waals surface area contributed by atoms with Gasteiger partial charge in [-0.15, -0.1) is 0 Å². The lowest BCUT2D eigenvalue weighted by atomic mass is 10.2. The van der Waals surface area contributed by atoms with Crippen molar-refractivity contribution in [2.45, 2.75) is 13.8 Å². The molecule has 0 radical (unpaired) electrons. The molecule has 2 amide bonds. The number of hydrogen-bond donors (Lipinski definition) is 1. The highest BCUT2D eigenvalue weighted by Gasteiger charge is 2.40. The maximum Gasteiger partial charge on any atom is 0.283 e. The molecule has 2 aromatic carbocycles. The number of rotatable bonds is 5. The quantitative estimate of drug-likeness (QED) is 0.506. The maximum absolute atomic E-state index is 12.9. The molecule has 0 saturated heterocycles. The lowest BCUT2D eigenvalue weighted by molar-refractivity contribution is -0.120. The van der Waals surface area contributed by atoms with Gasteiger partial charge in [0, 0.05) is 9.26 Å². The molecular weight excluding hydrogens is 467 g/mol. The van der Waals surface area contributed by atoms with Crippen LogP contribution in [0.2, 0.25) is 0 Å². The smallest absolute Gasteiger partial charge is 0.283 e. The number of para-hydroxylation sites is 2. The van der Waals surface area contributed by atoms with Crippen molar-refractivity contribution in [3.63, 3.8) is 0 Å². The van der Waals surface area contributed by atoms with Gasteiger partial charge in [0.25, 0.3) is 11.8 Å². The third kappa shape index (κ3) is 3.43. The Morgan fingerprint density at radius 1 is 1.15 bits per heavy atom. The fourth-order valence-electron chi connectivity index (χ4n) is 2.65. The van der Waals surface area contributed by atoms with Gasteiger partial charge < -0.3 is 10.1 Å². The number of carbonyl (C=O) groups is 2. The van der Waals surface area contributed by atoms with Crippen LogP contribution >= 0.6 is 34.2 Å². The molecule has 3 rings (SSSR count). The van der Waals surface area contributed by atoms with E-state index in [4.69, 9.17) is 16.3 Å². The van der Waals surface area contributed by atoms with E-state index in [-0.39, 0.29) is 10.7 Å². The van der Waals surface area contributed by atoms with Gasteiger partial charge in [-0.2, -0.15) is 0 Å². The van der Waals surface area contributed by atoms with Crippen LogP contribution in [0.1, 0.15) is 12.5 Å². The Kier molecular flexibility index (Phi) is 5.52. The van der Waals surface area contributed by atoms with Gasteiger partial charge in [0.2, 0.25) is 0 Å². The van der Waals surface area contributed by atoms with Crippen LogP contribution in [0.25, 0.3) is 0 Å². The molecule has 0 aromatic heterocycles. The Hall–Kier alpha value is -2.06. The first-order valence-electron chi connectivity index (χ1n) is 7.97. The number of ether oxygens (including phenoxy) is 1. The molecule has 1 N–H and O–H groups in total. The predicted molar refractivity (Wildman–Crippen MR) is 111 cm³/mol. The molecule has 0 fully saturated rings. The first-order valence-corrected chi connectivity index (χ1v) is 9.43. The number of nitrogens with zero attached hydrogens (tertiary/aromatic N) is 1. The summed E-state index contributed by atoms with van der Waals surface area (Å²) in [5, 5.41) is 2.87. The van der Waals surface area contributed by atoms with Crippen LogP contribution in [0.4, 0.5) is 11.4 Å². The minimum absolute atomic E-state index is 0.0623. The predicted octanol–water partition coefficient (Wildman–Crippen LogP) is 4.43. The average Bonchev–Trinajstić information content (AvgIpc) is 2.81. The minimum Gasteiger partial charge on any atom is -0.492 e. The highest BCUT2D eigenvalue weighted by atomic mass is 127. The van der Waals surface area contributed by atoms with Crippen LogP contribution in [0.3, 0.4) is 0 Å². The Morgan fingerprint density at radius 3 is 2.58 bits per heavy atom. The molecule has 0 spiro atoms. The summed E-state index contributed by atoms with van der Waals surface area (Å²) in [4.78, 5) is 26.6. The summed E-state index contributed by atoms with van der Waals surface area (Å²) >= 11 is 8.41. The van der Waals surface area contributed by atoms with Crippen LogP contribution < -0.4 is 15.0 Å². The van der Waals surface area contributed by atoms with E-state index in [1.807, 2.05) is 32.0 Å². The van der Waals surface area contributed by atoms with Crippen LogP contribution in [0, 0.1) is 10.5 Å². The van der Waals surface area contributed by atoms with Crippen molar-refractivity contribution in [2.24, 2.45) is 0 Å². The molecule has 0 bridgehead atoms. The number of halogens is 2. The van der Waals surface area contributed by atoms with Crippen LogP contribution in [0.15, 0.2) is 53.2 Å². The van der Waals surface area contributed by atoms with Crippen LogP contribution in [-0.4, -0.2) is 18.4 Å². The van der Waals surface area contributed by atoms with Gasteiger partial charge >= 0.3 is 0 Å².